The fourth-order valence-electron chi connectivity index (χ4n) is 3.58. The van der Waals surface area contributed by atoms with Gasteiger partial charge in [0.2, 0.25) is 0 Å². The Kier molecular flexibility index (Phi) is 9.59. The van der Waals surface area contributed by atoms with Crippen LogP contribution < -0.4 is 15.2 Å². The summed E-state index contributed by atoms with van der Waals surface area (Å²) in [5, 5.41) is 2.46. The molecule has 0 radical (unpaired) electrons. The summed E-state index contributed by atoms with van der Waals surface area (Å²) < 4.78 is 34.8. The van der Waals surface area contributed by atoms with Crippen molar-refractivity contribution in [2.24, 2.45) is 11.7 Å². The van der Waals surface area contributed by atoms with Crippen LogP contribution in [0.15, 0.2) is 48.0 Å². The molecule has 3 aromatic rings. The van der Waals surface area contributed by atoms with Crippen molar-refractivity contribution in [3.63, 3.8) is 0 Å². The number of pyridine rings is 1. The first-order valence-corrected chi connectivity index (χ1v) is 15.0. The highest BCUT2D eigenvalue weighted by Gasteiger charge is 2.27. The molecular formula is C27H35ClN4O4S2. The van der Waals surface area contributed by atoms with E-state index in [1.54, 1.807) is 38.2 Å². The fourth-order valence-corrected chi connectivity index (χ4v) is 5.99. The molecule has 0 aliphatic rings. The standard InChI is InChI=1S/C27H35ClN4O4S2/c1-16(2)25(29)26(33)36-15-27(5,6)24-12-18(9-10-30-24)19-11-23(37-14-19)21-8-7-20(13-22(21)28)32-38(34,35)31-17(3)4/h7-14,16-17,25,31-32H,15,29H2,1-6H3/t25-/m1/s1. The minimum atomic E-state index is -3.69. The van der Waals surface area contributed by atoms with E-state index in [0.29, 0.717) is 10.7 Å². The first-order chi connectivity index (χ1) is 17.7. The number of esters is 1. The minimum Gasteiger partial charge on any atom is -0.464 e. The molecule has 0 spiro atoms. The highest BCUT2D eigenvalue weighted by atomic mass is 35.5. The molecule has 8 nitrogen and oxygen atoms in total. The molecule has 0 aliphatic carbocycles. The smallest absolute Gasteiger partial charge is 0.323 e. The van der Waals surface area contributed by atoms with Gasteiger partial charge in [0, 0.05) is 33.8 Å². The Morgan fingerprint density at radius 1 is 1.13 bits per heavy atom. The van der Waals surface area contributed by atoms with Gasteiger partial charge in [0.25, 0.3) is 10.2 Å². The molecule has 11 heteroatoms. The quantitative estimate of drug-likeness (QED) is 0.255. The summed E-state index contributed by atoms with van der Waals surface area (Å²) in [5.41, 5.74) is 9.32. The summed E-state index contributed by atoms with van der Waals surface area (Å²) in [5.74, 6) is -0.422. The second kappa shape index (κ2) is 12.1. The van der Waals surface area contributed by atoms with Gasteiger partial charge in [-0.1, -0.05) is 39.3 Å². The van der Waals surface area contributed by atoms with Crippen molar-refractivity contribution >= 4 is 44.8 Å². The van der Waals surface area contributed by atoms with Crippen LogP contribution in [0.2, 0.25) is 5.02 Å². The Balaban J connectivity index is 1.77. The van der Waals surface area contributed by atoms with E-state index in [9.17, 15) is 13.2 Å². The Hall–Kier alpha value is -2.50. The van der Waals surface area contributed by atoms with Crippen LogP contribution in [-0.2, 0) is 25.2 Å². The summed E-state index contributed by atoms with van der Waals surface area (Å²) in [4.78, 5) is 17.7. The van der Waals surface area contributed by atoms with Gasteiger partial charge in [-0.2, -0.15) is 13.1 Å². The minimum absolute atomic E-state index is 0.00394. The van der Waals surface area contributed by atoms with E-state index in [1.165, 1.54) is 11.3 Å². The Morgan fingerprint density at radius 2 is 1.84 bits per heavy atom. The van der Waals surface area contributed by atoms with Crippen LogP contribution in [0.5, 0.6) is 0 Å². The van der Waals surface area contributed by atoms with Gasteiger partial charge in [0.1, 0.15) is 12.6 Å². The number of rotatable bonds is 11. The van der Waals surface area contributed by atoms with E-state index in [2.05, 4.69) is 14.4 Å². The SMILES string of the molecule is CC(C)NS(=O)(=O)Nc1ccc(-c2cc(-c3ccnc(C(C)(C)COC(=O)[C@H](N)C(C)C)c3)cs2)c(Cl)c1. The molecule has 1 atom stereocenters. The predicted molar refractivity (Wildman–Crippen MR) is 156 cm³/mol. The summed E-state index contributed by atoms with van der Waals surface area (Å²) in [6.45, 7) is 11.4. The number of nitrogens with two attached hydrogens (primary N) is 1. The third-order valence-corrected chi connectivity index (χ3v) is 8.39. The molecule has 2 heterocycles. The van der Waals surface area contributed by atoms with Crippen LogP contribution in [0.3, 0.4) is 0 Å². The molecular weight excluding hydrogens is 544 g/mol. The molecule has 1 aromatic carbocycles. The molecule has 0 unspecified atom stereocenters. The second-order valence-electron chi connectivity index (χ2n) is 10.5. The molecule has 0 amide bonds. The number of anilines is 1. The van der Waals surface area contributed by atoms with Crippen molar-refractivity contribution in [1.29, 1.82) is 0 Å². The topological polar surface area (TPSA) is 123 Å². The lowest BCUT2D eigenvalue weighted by atomic mass is 9.88. The number of benzene rings is 1. The van der Waals surface area contributed by atoms with E-state index in [1.807, 2.05) is 51.3 Å². The maximum Gasteiger partial charge on any atom is 0.323 e. The predicted octanol–water partition coefficient (Wildman–Crippen LogP) is 5.59. The molecule has 0 saturated carbocycles. The van der Waals surface area contributed by atoms with Crippen LogP contribution in [0.25, 0.3) is 21.6 Å². The first kappa shape index (κ1) is 30.0. The van der Waals surface area contributed by atoms with Crippen molar-refractivity contribution in [2.45, 2.75) is 59.0 Å². The van der Waals surface area contributed by atoms with E-state index in [4.69, 9.17) is 22.1 Å². The van der Waals surface area contributed by atoms with Crippen molar-refractivity contribution in [3.05, 3.63) is 58.7 Å². The number of nitrogens with zero attached hydrogens (tertiary/aromatic N) is 1. The number of carbonyl (C=O) groups excluding carboxylic acids is 1. The number of aromatic nitrogens is 1. The molecule has 4 N–H and O–H groups in total. The summed E-state index contributed by atoms with van der Waals surface area (Å²) in [6, 6.07) is 10.1. The number of hydrogen-bond acceptors (Lipinski definition) is 7. The summed E-state index contributed by atoms with van der Waals surface area (Å²) >= 11 is 8.07. The van der Waals surface area contributed by atoms with Crippen LogP contribution >= 0.6 is 22.9 Å². The number of carbonyl (C=O) groups is 1. The van der Waals surface area contributed by atoms with E-state index in [0.717, 1.165) is 27.3 Å². The van der Waals surface area contributed by atoms with Crippen molar-refractivity contribution in [1.82, 2.24) is 9.71 Å². The van der Waals surface area contributed by atoms with Crippen LogP contribution in [0.4, 0.5) is 5.69 Å². The van der Waals surface area contributed by atoms with Crippen molar-refractivity contribution in [3.8, 4) is 21.6 Å². The first-order valence-electron chi connectivity index (χ1n) is 12.3. The van der Waals surface area contributed by atoms with Gasteiger partial charge < -0.3 is 10.5 Å². The lowest BCUT2D eigenvalue weighted by Gasteiger charge is -2.25. The number of thiophene rings is 1. The molecule has 0 saturated heterocycles. The summed E-state index contributed by atoms with van der Waals surface area (Å²) in [7, 11) is -3.69. The van der Waals surface area contributed by atoms with Gasteiger partial charge in [0.15, 0.2) is 0 Å². The number of ether oxygens (including phenoxy) is 1. The number of halogens is 1. The highest BCUT2D eigenvalue weighted by molar-refractivity contribution is 7.90. The fraction of sp³-hybridized carbons (Fsp3) is 0.407. The van der Waals surface area contributed by atoms with Gasteiger partial charge in [-0.25, -0.2) is 0 Å². The Labute approximate surface area is 234 Å². The molecule has 206 valence electrons. The maximum absolute atomic E-state index is 12.2. The Morgan fingerprint density at radius 3 is 2.47 bits per heavy atom. The van der Waals surface area contributed by atoms with Gasteiger partial charge in [0.05, 0.1) is 10.7 Å². The van der Waals surface area contributed by atoms with E-state index < -0.39 is 27.6 Å². The van der Waals surface area contributed by atoms with Crippen molar-refractivity contribution in [2.75, 3.05) is 11.3 Å². The lowest BCUT2D eigenvalue weighted by molar-refractivity contribution is -0.148. The van der Waals surface area contributed by atoms with Gasteiger partial charge in [-0.15, -0.1) is 11.3 Å². The van der Waals surface area contributed by atoms with E-state index >= 15 is 0 Å². The molecule has 0 aliphatic heterocycles. The Bertz CT molecular complexity index is 1390. The maximum atomic E-state index is 12.2. The average Bonchev–Trinajstić information content (AvgIpc) is 3.31. The highest BCUT2D eigenvalue weighted by Crippen LogP contribution is 2.38. The lowest BCUT2D eigenvalue weighted by Crippen LogP contribution is -2.39. The summed E-state index contributed by atoms with van der Waals surface area (Å²) in [6.07, 6.45) is 1.74. The normalized spacial score (nSPS) is 13.1. The second-order valence-corrected chi connectivity index (χ2v) is 13.2. The molecule has 3 rings (SSSR count). The molecule has 0 fully saturated rings. The number of nitrogens with one attached hydrogen (secondary N) is 2. The zero-order valence-electron chi connectivity index (χ0n) is 22.4. The monoisotopic (exact) mass is 578 g/mol. The zero-order chi connectivity index (χ0) is 28.3. The third-order valence-electron chi connectivity index (χ3n) is 5.83. The van der Waals surface area contributed by atoms with Gasteiger partial charge in [-0.3, -0.25) is 14.5 Å². The number of hydrogen-bond donors (Lipinski definition) is 3. The zero-order valence-corrected chi connectivity index (χ0v) is 24.8. The largest absolute Gasteiger partial charge is 0.464 e. The molecule has 0 bridgehead atoms. The van der Waals surface area contributed by atoms with Crippen LogP contribution in [0, 0.1) is 5.92 Å². The van der Waals surface area contributed by atoms with Crippen molar-refractivity contribution < 1.29 is 17.9 Å². The van der Waals surface area contributed by atoms with Crippen LogP contribution in [-0.4, -0.2) is 38.1 Å². The van der Waals surface area contributed by atoms with Crippen LogP contribution in [0.1, 0.15) is 47.2 Å². The van der Waals surface area contributed by atoms with Gasteiger partial charge in [-0.05, 0) is 72.7 Å². The molecule has 38 heavy (non-hydrogen) atoms. The molecule has 2 aromatic heterocycles. The third kappa shape index (κ3) is 7.77. The van der Waals surface area contributed by atoms with E-state index in [-0.39, 0.29) is 18.6 Å². The average molecular weight is 579 g/mol. The van der Waals surface area contributed by atoms with Gasteiger partial charge >= 0.3 is 5.97 Å².